The van der Waals surface area contributed by atoms with Crippen LogP contribution in [-0.2, 0) is 4.74 Å². The van der Waals surface area contributed by atoms with Gasteiger partial charge in [-0.15, -0.1) is 0 Å². The first-order valence-corrected chi connectivity index (χ1v) is 6.03. The van der Waals surface area contributed by atoms with E-state index in [1.165, 1.54) is 0 Å². The van der Waals surface area contributed by atoms with Gasteiger partial charge in [0.1, 0.15) is 0 Å². The summed E-state index contributed by atoms with van der Waals surface area (Å²) in [5, 5.41) is 9.22. The van der Waals surface area contributed by atoms with Crippen molar-refractivity contribution in [1.82, 2.24) is 0 Å². The van der Waals surface area contributed by atoms with Crippen molar-refractivity contribution >= 4 is 11.8 Å². The SMILES string of the molecule is CSCCC(CN)OC(C)C(C)O. The van der Waals surface area contributed by atoms with Crippen LogP contribution in [-0.4, -0.2) is 42.0 Å². The molecule has 3 unspecified atom stereocenters. The predicted octanol–water partition coefficient (Wildman–Crippen LogP) is 0.853. The molecule has 0 heterocycles. The molecule has 0 spiro atoms. The van der Waals surface area contributed by atoms with Gasteiger partial charge in [-0.05, 0) is 32.3 Å². The second-order valence-electron chi connectivity index (χ2n) is 3.22. The highest BCUT2D eigenvalue weighted by Crippen LogP contribution is 2.08. The minimum Gasteiger partial charge on any atom is -0.391 e. The van der Waals surface area contributed by atoms with Gasteiger partial charge >= 0.3 is 0 Å². The fourth-order valence-corrected chi connectivity index (χ4v) is 1.41. The van der Waals surface area contributed by atoms with Crippen molar-refractivity contribution in [3.63, 3.8) is 0 Å². The summed E-state index contributed by atoms with van der Waals surface area (Å²) in [6.45, 7) is 4.12. The standard InChI is InChI=1S/C9H21NO2S/c1-7(11)8(2)12-9(6-10)4-5-13-3/h7-9,11H,4-6,10H2,1-3H3. The second-order valence-corrected chi connectivity index (χ2v) is 4.21. The van der Waals surface area contributed by atoms with Crippen molar-refractivity contribution in [2.45, 2.75) is 38.6 Å². The lowest BCUT2D eigenvalue weighted by atomic mass is 10.2. The molecule has 0 aromatic heterocycles. The van der Waals surface area contributed by atoms with E-state index in [4.69, 9.17) is 10.5 Å². The Morgan fingerprint density at radius 2 is 2.08 bits per heavy atom. The van der Waals surface area contributed by atoms with Gasteiger partial charge in [-0.3, -0.25) is 0 Å². The topological polar surface area (TPSA) is 55.5 Å². The summed E-state index contributed by atoms with van der Waals surface area (Å²) in [6.07, 6.45) is 2.54. The van der Waals surface area contributed by atoms with Gasteiger partial charge in [0.15, 0.2) is 0 Å². The normalized spacial score (nSPS) is 18.2. The molecule has 0 aromatic carbocycles. The van der Waals surface area contributed by atoms with E-state index in [0.717, 1.165) is 12.2 Å². The summed E-state index contributed by atoms with van der Waals surface area (Å²) in [6, 6.07) is 0. The van der Waals surface area contributed by atoms with Crippen LogP contribution >= 0.6 is 11.8 Å². The van der Waals surface area contributed by atoms with Crippen molar-refractivity contribution in [1.29, 1.82) is 0 Å². The molecule has 0 saturated heterocycles. The molecule has 0 amide bonds. The Bertz CT molecular complexity index is 122. The number of thioether (sulfide) groups is 1. The van der Waals surface area contributed by atoms with Crippen LogP contribution in [0.1, 0.15) is 20.3 Å². The largest absolute Gasteiger partial charge is 0.391 e. The monoisotopic (exact) mass is 207 g/mol. The van der Waals surface area contributed by atoms with E-state index < -0.39 is 6.10 Å². The van der Waals surface area contributed by atoms with Gasteiger partial charge < -0.3 is 15.6 Å². The van der Waals surface area contributed by atoms with E-state index in [9.17, 15) is 5.11 Å². The number of aliphatic hydroxyl groups is 1. The van der Waals surface area contributed by atoms with Gasteiger partial charge in [0.05, 0.1) is 18.3 Å². The van der Waals surface area contributed by atoms with Gasteiger partial charge in [0.2, 0.25) is 0 Å². The number of nitrogens with two attached hydrogens (primary N) is 1. The molecule has 0 fully saturated rings. The van der Waals surface area contributed by atoms with Crippen molar-refractivity contribution in [3.8, 4) is 0 Å². The second kappa shape index (κ2) is 7.62. The Morgan fingerprint density at radius 3 is 2.46 bits per heavy atom. The Labute approximate surface area is 85.0 Å². The van der Waals surface area contributed by atoms with Crippen molar-refractivity contribution in [2.24, 2.45) is 5.73 Å². The van der Waals surface area contributed by atoms with E-state index in [0.29, 0.717) is 6.54 Å². The summed E-state index contributed by atoms with van der Waals surface area (Å²) >= 11 is 1.78. The maximum atomic E-state index is 9.22. The van der Waals surface area contributed by atoms with Gasteiger partial charge in [-0.1, -0.05) is 0 Å². The number of hydrogen-bond donors (Lipinski definition) is 2. The molecule has 0 radical (unpaired) electrons. The first-order chi connectivity index (χ1) is 6.11. The lowest BCUT2D eigenvalue weighted by Gasteiger charge is -2.22. The molecule has 13 heavy (non-hydrogen) atoms. The lowest BCUT2D eigenvalue weighted by molar-refractivity contribution is -0.0580. The van der Waals surface area contributed by atoms with Crippen LogP contribution in [0.4, 0.5) is 0 Å². The fraction of sp³-hybridized carbons (Fsp3) is 1.00. The van der Waals surface area contributed by atoms with Crippen LogP contribution in [0.2, 0.25) is 0 Å². The first kappa shape index (κ1) is 13.2. The zero-order valence-corrected chi connectivity index (χ0v) is 9.51. The number of rotatable bonds is 7. The number of ether oxygens (including phenoxy) is 1. The lowest BCUT2D eigenvalue weighted by Crippen LogP contribution is -2.33. The predicted molar refractivity (Wildman–Crippen MR) is 58.1 cm³/mol. The highest BCUT2D eigenvalue weighted by atomic mass is 32.2. The van der Waals surface area contributed by atoms with E-state index >= 15 is 0 Å². The average Bonchev–Trinajstić information content (AvgIpc) is 2.11. The van der Waals surface area contributed by atoms with Crippen molar-refractivity contribution < 1.29 is 9.84 Å². The maximum absolute atomic E-state index is 9.22. The summed E-state index contributed by atoms with van der Waals surface area (Å²) in [5.74, 6) is 1.05. The Kier molecular flexibility index (Phi) is 7.75. The fourth-order valence-electron chi connectivity index (χ4n) is 0.908. The van der Waals surface area contributed by atoms with Gasteiger partial charge in [0, 0.05) is 6.54 Å². The molecule has 0 aromatic rings. The maximum Gasteiger partial charge on any atom is 0.0807 e. The molecule has 0 bridgehead atoms. The van der Waals surface area contributed by atoms with Gasteiger partial charge in [-0.25, -0.2) is 0 Å². The minimum atomic E-state index is -0.427. The average molecular weight is 207 g/mol. The Morgan fingerprint density at radius 1 is 1.46 bits per heavy atom. The molecule has 0 saturated carbocycles. The van der Waals surface area contributed by atoms with Crippen LogP contribution in [0.25, 0.3) is 0 Å². The van der Waals surface area contributed by atoms with E-state index in [1.54, 1.807) is 18.7 Å². The molecule has 0 aliphatic carbocycles. The molecular formula is C9H21NO2S. The number of hydrogen-bond acceptors (Lipinski definition) is 4. The summed E-state index contributed by atoms with van der Waals surface area (Å²) in [5.41, 5.74) is 5.55. The molecule has 0 aliphatic heterocycles. The molecule has 3 nitrogen and oxygen atoms in total. The molecule has 80 valence electrons. The Hall–Kier alpha value is 0.230. The zero-order chi connectivity index (χ0) is 10.3. The van der Waals surface area contributed by atoms with E-state index in [2.05, 4.69) is 6.26 Å². The van der Waals surface area contributed by atoms with Gasteiger partial charge in [0.25, 0.3) is 0 Å². The van der Waals surface area contributed by atoms with Crippen LogP contribution in [0, 0.1) is 0 Å². The van der Waals surface area contributed by atoms with Crippen molar-refractivity contribution in [3.05, 3.63) is 0 Å². The summed E-state index contributed by atoms with van der Waals surface area (Å²) < 4.78 is 5.57. The number of aliphatic hydroxyl groups excluding tert-OH is 1. The molecular weight excluding hydrogens is 186 g/mol. The Balaban J connectivity index is 3.69. The third-order valence-electron chi connectivity index (χ3n) is 1.99. The van der Waals surface area contributed by atoms with Crippen LogP contribution in [0.5, 0.6) is 0 Å². The van der Waals surface area contributed by atoms with Gasteiger partial charge in [-0.2, -0.15) is 11.8 Å². The highest BCUT2D eigenvalue weighted by molar-refractivity contribution is 7.98. The molecule has 3 atom stereocenters. The molecule has 4 heteroatoms. The van der Waals surface area contributed by atoms with Crippen LogP contribution < -0.4 is 5.73 Å². The minimum absolute atomic E-state index is 0.0806. The summed E-state index contributed by atoms with van der Waals surface area (Å²) in [7, 11) is 0. The molecule has 0 aliphatic rings. The van der Waals surface area contributed by atoms with E-state index in [1.807, 2.05) is 6.92 Å². The van der Waals surface area contributed by atoms with Crippen LogP contribution in [0.15, 0.2) is 0 Å². The summed E-state index contributed by atoms with van der Waals surface area (Å²) in [4.78, 5) is 0. The third-order valence-corrected chi connectivity index (χ3v) is 2.64. The molecule has 3 N–H and O–H groups in total. The van der Waals surface area contributed by atoms with Crippen molar-refractivity contribution in [2.75, 3.05) is 18.6 Å². The zero-order valence-electron chi connectivity index (χ0n) is 8.69. The molecule has 0 rings (SSSR count). The highest BCUT2D eigenvalue weighted by Gasteiger charge is 2.14. The quantitative estimate of drug-likeness (QED) is 0.650. The first-order valence-electron chi connectivity index (χ1n) is 4.64. The smallest absolute Gasteiger partial charge is 0.0807 e. The van der Waals surface area contributed by atoms with Crippen LogP contribution in [0.3, 0.4) is 0 Å². The van der Waals surface area contributed by atoms with E-state index in [-0.39, 0.29) is 12.2 Å². The third kappa shape index (κ3) is 6.32.